The molecule has 0 fully saturated rings. The molecule has 0 saturated carbocycles. The van der Waals surface area contributed by atoms with E-state index in [2.05, 4.69) is 19.7 Å². The Morgan fingerprint density at radius 3 is 2.42 bits per heavy atom. The van der Waals surface area contributed by atoms with Gasteiger partial charge in [-0.3, -0.25) is 4.79 Å². The molecule has 3 heterocycles. The van der Waals surface area contributed by atoms with Gasteiger partial charge in [0.15, 0.2) is 5.82 Å². The Morgan fingerprint density at radius 1 is 1.10 bits per heavy atom. The van der Waals surface area contributed by atoms with Crippen LogP contribution in [0.1, 0.15) is 11.1 Å². The molecule has 0 spiro atoms. The summed E-state index contributed by atoms with van der Waals surface area (Å²) >= 11 is 5.71. The van der Waals surface area contributed by atoms with Gasteiger partial charge in [-0.05, 0) is 54.4 Å². The smallest absolute Gasteiger partial charge is 0.387 e. The molecule has 0 saturated heterocycles. The number of halogens is 3. The van der Waals surface area contributed by atoms with E-state index in [0.29, 0.717) is 11.1 Å². The first-order valence-corrected chi connectivity index (χ1v) is 9.36. The van der Waals surface area contributed by atoms with Gasteiger partial charge < -0.3 is 9.30 Å². The predicted molar refractivity (Wildman–Crippen MR) is 108 cm³/mol. The van der Waals surface area contributed by atoms with Crippen LogP contribution < -0.4 is 16.0 Å². The van der Waals surface area contributed by atoms with Crippen LogP contribution in [0.5, 0.6) is 5.75 Å². The normalized spacial score (nSPS) is 11.3. The standard InChI is InChI=1S/C20H14ClF2N5O3/c1-11-6-7-27(10-12-8-24-18(21)25-9-12)16-15(11)17(29)28(20(30)26-16)13-2-4-14(5-3-13)31-19(22)23/h2-9,19H,10H2,1H3. The zero-order valence-electron chi connectivity index (χ0n) is 16.0. The number of hydrogen-bond donors (Lipinski definition) is 0. The molecule has 1 aromatic carbocycles. The van der Waals surface area contributed by atoms with Crippen molar-refractivity contribution < 1.29 is 13.5 Å². The molecule has 0 bridgehead atoms. The highest BCUT2D eigenvalue weighted by atomic mass is 35.5. The summed E-state index contributed by atoms with van der Waals surface area (Å²) in [5, 5.41) is 0.107. The minimum Gasteiger partial charge on any atom is -0.435 e. The van der Waals surface area contributed by atoms with Crippen molar-refractivity contribution in [1.29, 1.82) is 0 Å². The van der Waals surface area contributed by atoms with Crippen LogP contribution in [-0.2, 0) is 6.54 Å². The van der Waals surface area contributed by atoms with Crippen LogP contribution in [0.2, 0.25) is 5.28 Å². The highest BCUT2D eigenvalue weighted by Crippen LogP contribution is 2.21. The summed E-state index contributed by atoms with van der Waals surface area (Å²) in [5.74, 6) is 0.117. The van der Waals surface area contributed by atoms with Crippen molar-refractivity contribution in [1.82, 2.24) is 24.1 Å². The second kappa shape index (κ2) is 8.23. The van der Waals surface area contributed by atoms with E-state index < -0.39 is 17.9 Å². The van der Waals surface area contributed by atoms with E-state index >= 15 is 0 Å². The van der Waals surface area contributed by atoms with Crippen molar-refractivity contribution in [3.63, 3.8) is 0 Å². The van der Waals surface area contributed by atoms with Crippen molar-refractivity contribution in [3.05, 3.63) is 86.2 Å². The third kappa shape index (κ3) is 4.15. The number of pyridine rings is 1. The molecule has 158 valence electrons. The minimum atomic E-state index is -2.98. The van der Waals surface area contributed by atoms with Crippen molar-refractivity contribution in [3.8, 4) is 22.8 Å². The van der Waals surface area contributed by atoms with Gasteiger partial charge in [0, 0.05) is 24.2 Å². The molecule has 31 heavy (non-hydrogen) atoms. The lowest BCUT2D eigenvalue weighted by molar-refractivity contribution is -0.0498. The van der Waals surface area contributed by atoms with Crippen molar-refractivity contribution in [2.24, 2.45) is 0 Å². The molecule has 1 aromatic heterocycles. The molecule has 4 rings (SSSR count). The highest BCUT2D eigenvalue weighted by Gasteiger charge is 2.21. The summed E-state index contributed by atoms with van der Waals surface area (Å²) < 4.78 is 31.5. The van der Waals surface area contributed by atoms with Crippen LogP contribution in [-0.4, -0.2) is 30.7 Å². The van der Waals surface area contributed by atoms with Gasteiger partial charge in [0.05, 0.1) is 17.8 Å². The zero-order chi connectivity index (χ0) is 22.1. The monoisotopic (exact) mass is 445 g/mol. The zero-order valence-corrected chi connectivity index (χ0v) is 16.8. The fraction of sp³-hybridized carbons (Fsp3) is 0.150. The van der Waals surface area contributed by atoms with Gasteiger partial charge in [-0.15, -0.1) is 0 Å². The topological polar surface area (TPSA) is 91.9 Å². The SMILES string of the molecule is Cc1ccn(Cc2cnc(Cl)nc2)c2nc(=O)n(-c3ccc(OC(F)F)cc3)c(=O)c1-2. The molecule has 0 aliphatic carbocycles. The van der Waals surface area contributed by atoms with E-state index in [0.717, 1.165) is 4.57 Å². The van der Waals surface area contributed by atoms with Gasteiger partial charge in [-0.1, -0.05) is 0 Å². The quantitative estimate of drug-likeness (QED) is 0.439. The maximum atomic E-state index is 13.2. The fourth-order valence-electron chi connectivity index (χ4n) is 3.15. The number of aryl methyl sites for hydroxylation is 1. The summed E-state index contributed by atoms with van der Waals surface area (Å²) in [4.78, 5) is 37.9. The Hall–Kier alpha value is -3.66. The number of benzene rings is 1. The fourth-order valence-corrected chi connectivity index (χ4v) is 3.25. The van der Waals surface area contributed by atoms with Crippen LogP contribution in [0.4, 0.5) is 8.78 Å². The van der Waals surface area contributed by atoms with E-state index in [4.69, 9.17) is 11.6 Å². The summed E-state index contributed by atoms with van der Waals surface area (Å²) in [6.45, 7) is -0.978. The summed E-state index contributed by atoms with van der Waals surface area (Å²) in [6, 6.07) is 6.90. The Morgan fingerprint density at radius 2 is 1.77 bits per heavy atom. The molecular formula is C20H14ClF2N5O3. The number of aromatic nitrogens is 5. The Labute approximate surface area is 178 Å². The Kier molecular flexibility index (Phi) is 5.47. The average Bonchev–Trinajstić information content (AvgIpc) is 2.72. The van der Waals surface area contributed by atoms with E-state index in [1.54, 1.807) is 23.8 Å². The lowest BCUT2D eigenvalue weighted by Gasteiger charge is -2.17. The number of rotatable bonds is 5. The van der Waals surface area contributed by atoms with E-state index in [1.165, 1.54) is 36.7 Å². The summed E-state index contributed by atoms with van der Waals surface area (Å²) in [6.07, 6.45) is 4.78. The molecule has 0 atom stereocenters. The number of hydrogen-bond acceptors (Lipinski definition) is 6. The largest absolute Gasteiger partial charge is 0.435 e. The molecule has 2 aliphatic heterocycles. The maximum absolute atomic E-state index is 13.2. The molecular weight excluding hydrogens is 432 g/mol. The second-order valence-electron chi connectivity index (χ2n) is 6.59. The third-order valence-corrected chi connectivity index (χ3v) is 4.75. The van der Waals surface area contributed by atoms with Crippen LogP contribution in [0.3, 0.4) is 0 Å². The molecule has 11 heteroatoms. The first-order chi connectivity index (χ1) is 14.8. The van der Waals surface area contributed by atoms with Gasteiger partial charge >= 0.3 is 12.3 Å². The van der Waals surface area contributed by atoms with Crippen LogP contribution in [0.15, 0.2) is 58.5 Å². The first-order valence-electron chi connectivity index (χ1n) is 8.98. The van der Waals surface area contributed by atoms with Crippen molar-refractivity contribution in [2.75, 3.05) is 0 Å². The van der Waals surface area contributed by atoms with Gasteiger partial charge in [0.1, 0.15) is 5.75 Å². The van der Waals surface area contributed by atoms with Gasteiger partial charge in [0.2, 0.25) is 5.28 Å². The molecule has 0 radical (unpaired) electrons. The van der Waals surface area contributed by atoms with Gasteiger partial charge in [-0.25, -0.2) is 19.3 Å². The Bertz CT molecular complexity index is 1320. The van der Waals surface area contributed by atoms with Crippen LogP contribution >= 0.6 is 11.6 Å². The number of fused-ring (bicyclic) bond motifs is 1. The maximum Gasteiger partial charge on any atom is 0.387 e. The van der Waals surface area contributed by atoms with E-state index in [1.807, 2.05) is 0 Å². The van der Waals surface area contributed by atoms with E-state index in [-0.39, 0.29) is 34.7 Å². The highest BCUT2D eigenvalue weighted by molar-refractivity contribution is 6.28. The summed E-state index contributed by atoms with van der Waals surface area (Å²) in [5.41, 5.74) is 0.399. The molecule has 2 aromatic rings. The number of ether oxygens (including phenoxy) is 1. The number of alkyl halides is 2. The summed E-state index contributed by atoms with van der Waals surface area (Å²) in [7, 11) is 0. The van der Waals surface area contributed by atoms with Gasteiger partial charge in [-0.2, -0.15) is 13.8 Å². The lowest BCUT2D eigenvalue weighted by atomic mass is 10.1. The van der Waals surface area contributed by atoms with Crippen molar-refractivity contribution in [2.45, 2.75) is 20.1 Å². The van der Waals surface area contributed by atoms with Gasteiger partial charge in [0.25, 0.3) is 5.56 Å². The molecule has 8 nitrogen and oxygen atoms in total. The van der Waals surface area contributed by atoms with Crippen molar-refractivity contribution >= 4 is 11.6 Å². The molecule has 0 unspecified atom stereocenters. The van der Waals surface area contributed by atoms with Crippen LogP contribution in [0.25, 0.3) is 17.1 Å². The molecule has 0 N–H and O–H groups in total. The number of nitrogens with zero attached hydrogens (tertiary/aromatic N) is 5. The Balaban J connectivity index is 1.81. The lowest BCUT2D eigenvalue weighted by Crippen LogP contribution is -2.37. The third-order valence-electron chi connectivity index (χ3n) is 4.55. The second-order valence-corrected chi connectivity index (χ2v) is 6.93. The molecule has 0 amide bonds. The molecule has 2 aliphatic rings. The minimum absolute atomic E-state index is 0.0906. The first kappa shape index (κ1) is 20.6. The predicted octanol–water partition coefficient (Wildman–Crippen LogP) is 2.90. The average molecular weight is 446 g/mol. The van der Waals surface area contributed by atoms with E-state index in [9.17, 15) is 18.4 Å². The van der Waals surface area contributed by atoms with Crippen LogP contribution in [0, 0.1) is 6.92 Å².